The number of aromatic nitrogens is 2. The van der Waals surface area contributed by atoms with Crippen molar-refractivity contribution in [2.24, 2.45) is 5.92 Å². The number of anilines is 1. The summed E-state index contributed by atoms with van der Waals surface area (Å²) >= 11 is 0. The summed E-state index contributed by atoms with van der Waals surface area (Å²) in [5.74, 6) is 2.20. The Morgan fingerprint density at radius 1 is 1.32 bits per heavy atom. The first-order chi connectivity index (χ1) is 9.24. The van der Waals surface area contributed by atoms with Gasteiger partial charge >= 0.3 is 0 Å². The zero-order valence-electron chi connectivity index (χ0n) is 12.1. The molecule has 0 bridgehead atoms. The van der Waals surface area contributed by atoms with Crippen molar-refractivity contribution < 1.29 is 4.74 Å². The molecule has 0 unspecified atom stereocenters. The molecular weight excluding hydrogens is 238 g/mol. The van der Waals surface area contributed by atoms with Gasteiger partial charge in [0.15, 0.2) is 0 Å². The monoisotopic (exact) mass is 263 g/mol. The minimum Gasteiger partial charge on any atom is -0.475 e. The van der Waals surface area contributed by atoms with Crippen LogP contribution in [-0.4, -0.2) is 22.6 Å². The topological polar surface area (TPSA) is 47.0 Å². The van der Waals surface area contributed by atoms with Crippen molar-refractivity contribution in [3.05, 3.63) is 12.3 Å². The summed E-state index contributed by atoms with van der Waals surface area (Å²) in [6.07, 6.45) is 10.1. The van der Waals surface area contributed by atoms with Gasteiger partial charge in [-0.2, -0.15) is 4.98 Å². The van der Waals surface area contributed by atoms with E-state index in [1.165, 1.54) is 38.5 Å². The summed E-state index contributed by atoms with van der Waals surface area (Å²) in [4.78, 5) is 8.58. The highest BCUT2D eigenvalue weighted by atomic mass is 16.5. The molecule has 0 amide bonds. The quantitative estimate of drug-likeness (QED) is 0.851. The van der Waals surface area contributed by atoms with Crippen molar-refractivity contribution in [3.8, 4) is 5.88 Å². The first-order valence-corrected chi connectivity index (χ1v) is 7.47. The number of hydrogen-bond donors (Lipinski definition) is 1. The lowest BCUT2D eigenvalue weighted by molar-refractivity contribution is 0.232. The Bertz CT molecular complexity index is 375. The largest absolute Gasteiger partial charge is 0.475 e. The van der Waals surface area contributed by atoms with Crippen LogP contribution in [-0.2, 0) is 0 Å². The maximum absolute atomic E-state index is 5.56. The average molecular weight is 263 g/mol. The summed E-state index contributed by atoms with van der Waals surface area (Å²) in [6, 6.07) is 1.80. The number of nitrogens with zero attached hydrogens (tertiary/aromatic N) is 2. The van der Waals surface area contributed by atoms with Crippen molar-refractivity contribution in [1.82, 2.24) is 9.97 Å². The van der Waals surface area contributed by atoms with Crippen LogP contribution in [0.15, 0.2) is 12.3 Å². The molecule has 1 heterocycles. The first kappa shape index (κ1) is 14.1. The van der Waals surface area contributed by atoms with Crippen LogP contribution in [0.5, 0.6) is 5.88 Å². The number of nitrogens with one attached hydrogen (secondary N) is 1. The summed E-state index contributed by atoms with van der Waals surface area (Å²) in [6.45, 7) is 4.95. The average Bonchev–Trinajstić information content (AvgIpc) is 2.40. The van der Waals surface area contributed by atoms with E-state index in [0.717, 1.165) is 12.5 Å². The number of ether oxygens (including phenoxy) is 1. The van der Waals surface area contributed by atoms with E-state index in [9.17, 15) is 0 Å². The predicted octanol–water partition coefficient (Wildman–Crippen LogP) is 3.65. The molecule has 0 atom stereocenters. The van der Waals surface area contributed by atoms with Gasteiger partial charge in [-0.1, -0.05) is 32.1 Å². The molecule has 1 aromatic heterocycles. The SMILES string of the molecule is CC(C)Oc1ccnc(NCCC2CCCCC2)n1. The molecule has 1 fully saturated rings. The van der Waals surface area contributed by atoms with Gasteiger partial charge in [-0.3, -0.25) is 0 Å². The first-order valence-electron chi connectivity index (χ1n) is 7.47. The van der Waals surface area contributed by atoms with Gasteiger partial charge in [0.05, 0.1) is 6.10 Å². The van der Waals surface area contributed by atoms with Gasteiger partial charge in [-0.25, -0.2) is 4.98 Å². The molecule has 2 rings (SSSR count). The van der Waals surface area contributed by atoms with E-state index in [0.29, 0.717) is 11.8 Å². The maximum Gasteiger partial charge on any atom is 0.225 e. The summed E-state index contributed by atoms with van der Waals surface area (Å²) in [7, 11) is 0. The van der Waals surface area contributed by atoms with Crippen molar-refractivity contribution in [3.63, 3.8) is 0 Å². The normalized spacial score (nSPS) is 16.6. The fourth-order valence-corrected chi connectivity index (χ4v) is 2.60. The van der Waals surface area contributed by atoms with E-state index < -0.39 is 0 Å². The lowest BCUT2D eigenvalue weighted by Crippen LogP contribution is -2.14. The van der Waals surface area contributed by atoms with Crippen molar-refractivity contribution >= 4 is 5.95 Å². The molecule has 1 aromatic rings. The molecule has 1 N–H and O–H groups in total. The Hall–Kier alpha value is -1.32. The number of hydrogen-bond acceptors (Lipinski definition) is 4. The van der Waals surface area contributed by atoms with Crippen LogP contribution in [0.2, 0.25) is 0 Å². The second-order valence-corrected chi connectivity index (χ2v) is 5.60. The third-order valence-electron chi connectivity index (χ3n) is 3.55. The van der Waals surface area contributed by atoms with Gasteiger partial charge in [0.1, 0.15) is 0 Å². The van der Waals surface area contributed by atoms with Crippen LogP contribution in [0.3, 0.4) is 0 Å². The predicted molar refractivity (Wildman–Crippen MR) is 77.5 cm³/mol. The van der Waals surface area contributed by atoms with Crippen molar-refractivity contribution in [2.75, 3.05) is 11.9 Å². The van der Waals surface area contributed by atoms with E-state index in [1.807, 2.05) is 13.8 Å². The molecule has 0 aliphatic heterocycles. The zero-order valence-corrected chi connectivity index (χ0v) is 12.1. The van der Waals surface area contributed by atoms with Gasteiger partial charge in [0, 0.05) is 18.8 Å². The van der Waals surface area contributed by atoms with E-state index in [4.69, 9.17) is 4.74 Å². The van der Waals surface area contributed by atoms with Gasteiger partial charge in [-0.05, 0) is 26.2 Å². The maximum atomic E-state index is 5.56. The summed E-state index contributed by atoms with van der Waals surface area (Å²) in [5, 5.41) is 3.30. The lowest BCUT2D eigenvalue weighted by Gasteiger charge is -2.21. The lowest BCUT2D eigenvalue weighted by atomic mass is 9.87. The van der Waals surface area contributed by atoms with Gasteiger partial charge < -0.3 is 10.1 Å². The second-order valence-electron chi connectivity index (χ2n) is 5.60. The molecule has 0 aromatic carbocycles. The van der Waals surface area contributed by atoms with Crippen molar-refractivity contribution in [1.29, 1.82) is 0 Å². The van der Waals surface area contributed by atoms with Crippen molar-refractivity contribution in [2.45, 2.75) is 58.5 Å². The Kier molecular flexibility index (Phi) is 5.43. The number of rotatable bonds is 6. The summed E-state index contributed by atoms with van der Waals surface area (Å²) in [5.41, 5.74) is 0. The molecular formula is C15H25N3O. The fraction of sp³-hybridized carbons (Fsp3) is 0.733. The highest BCUT2D eigenvalue weighted by Crippen LogP contribution is 2.26. The molecule has 19 heavy (non-hydrogen) atoms. The molecule has 0 radical (unpaired) electrons. The fourth-order valence-electron chi connectivity index (χ4n) is 2.60. The van der Waals surface area contributed by atoms with Gasteiger partial charge in [0.25, 0.3) is 0 Å². The Labute approximate surface area is 116 Å². The molecule has 4 heteroatoms. The van der Waals surface area contributed by atoms with Crippen LogP contribution in [0.4, 0.5) is 5.95 Å². The summed E-state index contributed by atoms with van der Waals surface area (Å²) < 4.78 is 5.56. The third kappa shape index (κ3) is 5.05. The van der Waals surface area contributed by atoms with Gasteiger partial charge in [0.2, 0.25) is 11.8 Å². The molecule has 1 aliphatic carbocycles. The smallest absolute Gasteiger partial charge is 0.225 e. The van der Waals surface area contributed by atoms with Crippen LogP contribution in [0.1, 0.15) is 52.4 Å². The molecule has 1 saturated carbocycles. The minimum atomic E-state index is 0.144. The van der Waals surface area contributed by atoms with Gasteiger partial charge in [-0.15, -0.1) is 0 Å². The van der Waals surface area contributed by atoms with Crippen LogP contribution < -0.4 is 10.1 Å². The molecule has 0 saturated heterocycles. The van der Waals surface area contributed by atoms with Crippen LogP contribution in [0, 0.1) is 5.92 Å². The molecule has 4 nitrogen and oxygen atoms in total. The molecule has 0 spiro atoms. The highest BCUT2D eigenvalue weighted by Gasteiger charge is 2.12. The molecule has 106 valence electrons. The Morgan fingerprint density at radius 2 is 2.11 bits per heavy atom. The van der Waals surface area contributed by atoms with E-state index in [2.05, 4.69) is 15.3 Å². The van der Waals surface area contributed by atoms with Crippen LogP contribution >= 0.6 is 0 Å². The second kappa shape index (κ2) is 7.31. The highest BCUT2D eigenvalue weighted by molar-refractivity contribution is 5.27. The van der Waals surface area contributed by atoms with E-state index in [-0.39, 0.29) is 6.10 Å². The molecule has 1 aliphatic rings. The van der Waals surface area contributed by atoms with Crippen LogP contribution in [0.25, 0.3) is 0 Å². The Balaban J connectivity index is 1.75. The minimum absolute atomic E-state index is 0.144. The van der Waals surface area contributed by atoms with E-state index >= 15 is 0 Å². The third-order valence-corrected chi connectivity index (χ3v) is 3.55. The van der Waals surface area contributed by atoms with E-state index in [1.54, 1.807) is 12.3 Å². The Morgan fingerprint density at radius 3 is 2.84 bits per heavy atom. The zero-order chi connectivity index (χ0) is 13.5. The standard InChI is InChI=1S/C15H25N3O/c1-12(2)19-14-9-11-17-15(18-14)16-10-8-13-6-4-3-5-7-13/h9,11-13H,3-8,10H2,1-2H3,(H,16,17,18).